The Morgan fingerprint density at radius 2 is 2.13 bits per heavy atom. The smallest absolute Gasteiger partial charge is 0.242 e. The first-order valence-corrected chi connectivity index (χ1v) is 5.39. The van der Waals surface area contributed by atoms with E-state index in [1.165, 1.54) is 6.92 Å². The Morgan fingerprint density at radius 3 is 2.53 bits per heavy atom. The molecule has 0 bridgehead atoms. The second-order valence-corrected chi connectivity index (χ2v) is 3.81. The fourth-order valence-electron chi connectivity index (χ4n) is 1.55. The monoisotopic (exact) mass is 213 g/mol. The van der Waals surface area contributed by atoms with E-state index >= 15 is 0 Å². The van der Waals surface area contributed by atoms with Gasteiger partial charge in [-0.15, -0.1) is 0 Å². The first kappa shape index (κ1) is 12.0. The molecule has 0 radical (unpaired) electrons. The Bertz CT molecular complexity index is 239. The van der Waals surface area contributed by atoms with E-state index < -0.39 is 0 Å². The first-order valence-electron chi connectivity index (χ1n) is 5.39. The predicted octanol–water partition coefficient (Wildman–Crippen LogP) is -0.667. The van der Waals surface area contributed by atoms with Gasteiger partial charge in [-0.25, -0.2) is 0 Å². The molecule has 5 nitrogen and oxygen atoms in total. The average molecular weight is 213 g/mol. The number of hydrogen-bond donors (Lipinski definition) is 2. The minimum Gasteiger partial charge on any atom is -0.347 e. The molecule has 0 aliphatic carbocycles. The van der Waals surface area contributed by atoms with Crippen LogP contribution in [0.1, 0.15) is 20.3 Å². The third-order valence-electron chi connectivity index (χ3n) is 2.47. The molecule has 1 aliphatic heterocycles. The van der Waals surface area contributed by atoms with E-state index in [2.05, 4.69) is 10.6 Å². The lowest BCUT2D eigenvalue weighted by Crippen LogP contribution is -2.60. The van der Waals surface area contributed by atoms with Crippen molar-refractivity contribution in [1.29, 1.82) is 0 Å². The molecule has 1 fully saturated rings. The van der Waals surface area contributed by atoms with Crippen molar-refractivity contribution in [1.82, 2.24) is 15.5 Å². The zero-order chi connectivity index (χ0) is 11.3. The van der Waals surface area contributed by atoms with Gasteiger partial charge in [0.15, 0.2) is 0 Å². The van der Waals surface area contributed by atoms with Crippen molar-refractivity contribution in [2.45, 2.75) is 26.3 Å². The number of carbonyl (C=O) groups excluding carboxylic acids is 2. The number of nitrogens with zero attached hydrogens (tertiary/aromatic N) is 1. The highest BCUT2D eigenvalue weighted by Gasteiger charge is 2.27. The molecule has 0 aromatic rings. The number of nitrogens with one attached hydrogen (secondary N) is 2. The second-order valence-electron chi connectivity index (χ2n) is 3.81. The third kappa shape index (κ3) is 3.51. The summed E-state index contributed by atoms with van der Waals surface area (Å²) >= 11 is 0. The van der Waals surface area contributed by atoms with Crippen molar-refractivity contribution in [3.8, 4) is 0 Å². The third-order valence-corrected chi connectivity index (χ3v) is 2.47. The largest absolute Gasteiger partial charge is 0.347 e. The van der Waals surface area contributed by atoms with Crippen LogP contribution in [0.2, 0.25) is 0 Å². The molecule has 15 heavy (non-hydrogen) atoms. The molecular formula is C10H19N3O2. The lowest BCUT2D eigenvalue weighted by Gasteiger charge is -2.38. The molecule has 0 saturated carbocycles. The van der Waals surface area contributed by atoms with E-state index in [0.29, 0.717) is 6.04 Å². The van der Waals surface area contributed by atoms with Gasteiger partial charge in [0.25, 0.3) is 0 Å². The Kier molecular flexibility index (Phi) is 4.55. The van der Waals surface area contributed by atoms with Crippen LogP contribution in [0, 0.1) is 0 Å². The maximum atomic E-state index is 11.8. The lowest BCUT2D eigenvalue weighted by atomic mass is 10.1. The van der Waals surface area contributed by atoms with Crippen LogP contribution in [0.25, 0.3) is 0 Å². The van der Waals surface area contributed by atoms with Crippen LogP contribution in [0.3, 0.4) is 0 Å². The Labute approximate surface area is 90.2 Å². The maximum absolute atomic E-state index is 11.8. The number of rotatable bonds is 5. The maximum Gasteiger partial charge on any atom is 0.242 e. The zero-order valence-electron chi connectivity index (χ0n) is 9.38. The minimum atomic E-state index is -0.161. The number of carbonyl (C=O) groups is 2. The topological polar surface area (TPSA) is 61.4 Å². The summed E-state index contributed by atoms with van der Waals surface area (Å²) in [5.74, 6) is -0.148. The van der Waals surface area contributed by atoms with Crippen LogP contribution in [0.5, 0.6) is 0 Å². The quantitative estimate of drug-likeness (QED) is 0.637. The molecule has 1 heterocycles. The summed E-state index contributed by atoms with van der Waals surface area (Å²) in [4.78, 5) is 24.3. The van der Waals surface area contributed by atoms with Crippen molar-refractivity contribution in [2.24, 2.45) is 0 Å². The summed E-state index contributed by atoms with van der Waals surface area (Å²) in [6.45, 7) is 6.08. The molecular weight excluding hydrogens is 194 g/mol. The van der Waals surface area contributed by atoms with E-state index in [1.807, 2.05) is 11.8 Å². The highest BCUT2D eigenvalue weighted by molar-refractivity contribution is 5.84. The van der Waals surface area contributed by atoms with Gasteiger partial charge in [0.2, 0.25) is 11.8 Å². The van der Waals surface area contributed by atoms with Crippen molar-refractivity contribution in [2.75, 3.05) is 26.2 Å². The van der Waals surface area contributed by atoms with E-state index in [4.69, 9.17) is 0 Å². The van der Waals surface area contributed by atoms with Gasteiger partial charge in [-0.1, -0.05) is 6.92 Å². The molecule has 1 rings (SSSR count). The molecule has 0 aromatic heterocycles. The summed E-state index contributed by atoms with van der Waals surface area (Å²) < 4.78 is 0. The molecule has 5 heteroatoms. The van der Waals surface area contributed by atoms with Gasteiger partial charge >= 0.3 is 0 Å². The second kappa shape index (κ2) is 5.70. The van der Waals surface area contributed by atoms with E-state index in [9.17, 15) is 9.59 Å². The normalized spacial score (nSPS) is 15.6. The van der Waals surface area contributed by atoms with Crippen LogP contribution >= 0.6 is 0 Å². The van der Waals surface area contributed by atoms with Crippen LogP contribution in [0.4, 0.5) is 0 Å². The van der Waals surface area contributed by atoms with Gasteiger partial charge in [0.1, 0.15) is 0 Å². The SMILES string of the molecule is CCCN(C(=O)CNC(C)=O)C1CNC1. The Hall–Kier alpha value is -1.10. The zero-order valence-corrected chi connectivity index (χ0v) is 9.38. The van der Waals surface area contributed by atoms with E-state index in [0.717, 1.165) is 26.1 Å². The molecule has 0 unspecified atom stereocenters. The molecule has 1 saturated heterocycles. The Morgan fingerprint density at radius 1 is 1.47 bits per heavy atom. The summed E-state index contributed by atoms with van der Waals surface area (Å²) in [5, 5.41) is 5.68. The summed E-state index contributed by atoms with van der Waals surface area (Å²) in [6.07, 6.45) is 0.947. The van der Waals surface area contributed by atoms with Crippen molar-refractivity contribution >= 4 is 11.8 Å². The van der Waals surface area contributed by atoms with Crippen LogP contribution in [-0.2, 0) is 9.59 Å². The molecule has 1 aliphatic rings. The van der Waals surface area contributed by atoms with Crippen LogP contribution in [-0.4, -0.2) is 48.9 Å². The molecule has 2 amide bonds. The fourth-order valence-corrected chi connectivity index (χ4v) is 1.55. The van der Waals surface area contributed by atoms with Gasteiger partial charge in [-0.05, 0) is 6.42 Å². The molecule has 0 atom stereocenters. The summed E-state index contributed by atoms with van der Waals surface area (Å²) in [6, 6.07) is 0.311. The molecule has 0 spiro atoms. The van der Waals surface area contributed by atoms with E-state index in [-0.39, 0.29) is 18.4 Å². The van der Waals surface area contributed by atoms with E-state index in [1.54, 1.807) is 0 Å². The van der Waals surface area contributed by atoms with Crippen molar-refractivity contribution in [3.05, 3.63) is 0 Å². The molecule has 86 valence electrons. The number of amides is 2. The van der Waals surface area contributed by atoms with Gasteiger partial charge in [-0.2, -0.15) is 0 Å². The van der Waals surface area contributed by atoms with Crippen LogP contribution in [0.15, 0.2) is 0 Å². The standard InChI is InChI=1S/C10H19N3O2/c1-3-4-13(9-5-11-6-9)10(15)7-12-8(2)14/h9,11H,3-7H2,1-2H3,(H,12,14). The lowest BCUT2D eigenvalue weighted by molar-refractivity contribution is -0.135. The van der Waals surface area contributed by atoms with Gasteiger partial charge in [-0.3, -0.25) is 9.59 Å². The van der Waals surface area contributed by atoms with Crippen LogP contribution < -0.4 is 10.6 Å². The highest BCUT2D eigenvalue weighted by Crippen LogP contribution is 2.05. The van der Waals surface area contributed by atoms with Gasteiger partial charge in [0.05, 0.1) is 12.6 Å². The average Bonchev–Trinajstić information content (AvgIpc) is 2.10. The fraction of sp³-hybridized carbons (Fsp3) is 0.800. The molecule has 0 aromatic carbocycles. The van der Waals surface area contributed by atoms with Gasteiger partial charge in [0, 0.05) is 26.6 Å². The minimum absolute atomic E-state index is 0.0125. The number of hydrogen-bond acceptors (Lipinski definition) is 3. The molecule has 2 N–H and O–H groups in total. The van der Waals surface area contributed by atoms with Gasteiger partial charge < -0.3 is 15.5 Å². The first-order chi connectivity index (χ1) is 7.15. The Balaban J connectivity index is 2.39. The van der Waals surface area contributed by atoms with Crippen molar-refractivity contribution < 1.29 is 9.59 Å². The summed E-state index contributed by atoms with van der Waals surface area (Å²) in [5.41, 5.74) is 0. The predicted molar refractivity (Wildman–Crippen MR) is 57.3 cm³/mol. The highest BCUT2D eigenvalue weighted by atomic mass is 16.2. The summed E-state index contributed by atoms with van der Waals surface area (Å²) in [7, 11) is 0. The van der Waals surface area contributed by atoms with Crippen molar-refractivity contribution in [3.63, 3.8) is 0 Å².